The molecule has 8 unspecified atom stereocenters. The van der Waals surface area contributed by atoms with Gasteiger partial charge in [-0.15, -0.1) is 0 Å². The Morgan fingerprint density at radius 3 is 1.38 bits per heavy atom. The van der Waals surface area contributed by atoms with Crippen LogP contribution < -0.4 is 0 Å². The molecular weight excluding hydrogens is 408 g/mol. The van der Waals surface area contributed by atoms with Crippen molar-refractivity contribution in [3.63, 3.8) is 0 Å². The molecule has 0 saturated heterocycles. The highest BCUT2D eigenvalue weighted by molar-refractivity contribution is 4.94. The van der Waals surface area contributed by atoms with Gasteiger partial charge in [-0.3, -0.25) is 0 Å². The van der Waals surface area contributed by atoms with Crippen LogP contribution in [0.2, 0.25) is 0 Å². The summed E-state index contributed by atoms with van der Waals surface area (Å²) in [5.41, 5.74) is 0. The van der Waals surface area contributed by atoms with Crippen molar-refractivity contribution in [1.82, 2.24) is 0 Å². The van der Waals surface area contributed by atoms with Gasteiger partial charge in [0.05, 0.1) is 0 Å². The van der Waals surface area contributed by atoms with Crippen LogP contribution in [0.15, 0.2) is 12.2 Å². The molecule has 0 amide bonds. The number of hydrogen-bond acceptors (Lipinski definition) is 0. The van der Waals surface area contributed by atoms with Crippen molar-refractivity contribution >= 4 is 0 Å². The van der Waals surface area contributed by atoms with Crippen LogP contribution in [0, 0.1) is 59.2 Å². The van der Waals surface area contributed by atoms with Crippen molar-refractivity contribution in [1.29, 1.82) is 0 Å². The summed E-state index contributed by atoms with van der Waals surface area (Å²) in [6.07, 6.45) is 35.8. The predicted molar refractivity (Wildman–Crippen MR) is 148 cm³/mol. The molecule has 0 aromatic heterocycles. The van der Waals surface area contributed by atoms with Crippen LogP contribution in [0.25, 0.3) is 0 Å². The van der Waals surface area contributed by atoms with Crippen LogP contribution in [-0.2, 0) is 0 Å². The van der Waals surface area contributed by atoms with E-state index in [1.54, 1.807) is 89.9 Å². The number of allylic oxidation sites excluding steroid dienone is 2. The molecule has 5 rings (SSSR count). The van der Waals surface area contributed by atoms with E-state index in [-0.39, 0.29) is 0 Å². The molecule has 0 aliphatic heterocycles. The van der Waals surface area contributed by atoms with Gasteiger partial charge in [-0.25, -0.2) is 0 Å². The van der Waals surface area contributed by atoms with Crippen molar-refractivity contribution in [2.24, 2.45) is 59.2 Å². The third-order valence-electron chi connectivity index (χ3n) is 12.4. The van der Waals surface area contributed by atoms with Crippen LogP contribution in [0.3, 0.4) is 0 Å². The lowest BCUT2D eigenvalue weighted by atomic mass is 9.56. The second kappa shape index (κ2) is 12.3. The Kier molecular flexibility index (Phi) is 9.20. The van der Waals surface area contributed by atoms with Gasteiger partial charge in [-0.2, -0.15) is 0 Å². The SMILES string of the molecule is C/C=C/CCC1CCC(C2CCC3CC(C4CCC5CC(CCC)CCC5C4)CCC3C2)CC1. The van der Waals surface area contributed by atoms with Crippen LogP contribution in [0.4, 0.5) is 0 Å². The fourth-order valence-corrected chi connectivity index (χ4v) is 10.4. The fourth-order valence-electron chi connectivity index (χ4n) is 10.4. The maximum atomic E-state index is 2.39. The van der Waals surface area contributed by atoms with Gasteiger partial charge in [0.2, 0.25) is 0 Å². The summed E-state index contributed by atoms with van der Waals surface area (Å²) in [4.78, 5) is 0. The molecule has 8 atom stereocenters. The summed E-state index contributed by atoms with van der Waals surface area (Å²) in [6.45, 7) is 4.56. The summed E-state index contributed by atoms with van der Waals surface area (Å²) < 4.78 is 0. The molecule has 0 radical (unpaired) electrons. The van der Waals surface area contributed by atoms with Crippen LogP contribution in [0.1, 0.15) is 142 Å². The van der Waals surface area contributed by atoms with Crippen LogP contribution in [0.5, 0.6) is 0 Å². The maximum Gasteiger partial charge on any atom is -0.0348 e. The Hall–Kier alpha value is -0.260. The lowest BCUT2D eigenvalue weighted by molar-refractivity contribution is 0.0174. The van der Waals surface area contributed by atoms with Crippen LogP contribution >= 0.6 is 0 Å². The highest BCUT2D eigenvalue weighted by Gasteiger charge is 2.43. The van der Waals surface area contributed by atoms with E-state index in [0.717, 1.165) is 59.2 Å². The Morgan fingerprint density at radius 2 is 0.882 bits per heavy atom. The van der Waals surface area contributed by atoms with Gasteiger partial charge in [0.1, 0.15) is 0 Å². The molecule has 194 valence electrons. The largest absolute Gasteiger partial charge is 0.0917 e. The van der Waals surface area contributed by atoms with Crippen LogP contribution in [-0.4, -0.2) is 0 Å². The normalized spacial score (nSPS) is 45.6. The molecule has 0 spiro atoms. The summed E-state index contributed by atoms with van der Waals surface area (Å²) in [6, 6.07) is 0. The fraction of sp³-hybridized carbons (Fsp3) is 0.941. The van der Waals surface area contributed by atoms with Gasteiger partial charge in [0.25, 0.3) is 0 Å². The van der Waals surface area contributed by atoms with E-state index in [0.29, 0.717) is 0 Å². The van der Waals surface area contributed by atoms with Crippen molar-refractivity contribution in [3.05, 3.63) is 12.2 Å². The number of rotatable bonds is 7. The average molecular weight is 467 g/mol. The summed E-state index contributed by atoms with van der Waals surface area (Å²) in [7, 11) is 0. The molecule has 5 fully saturated rings. The average Bonchev–Trinajstić information content (AvgIpc) is 2.88. The Bertz CT molecular complexity index is 624. The quantitative estimate of drug-likeness (QED) is 0.327. The van der Waals surface area contributed by atoms with Crippen molar-refractivity contribution < 1.29 is 0 Å². The highest BCUT2D eigenvalue weighted by Crippen LogP contribution is 2.54. The third kappa shape index (κ3) is 6.17. The smallest absolute Gasteiger partial charge is 0.0348 e. The first-order valence-corrected chi connectivity index (χ1v) is 16.3. The second-order valence-electron chi connectivity index (χ2n) is 14.2. The van der Waals surface area contributed by atoms with Crippen molar-refractivity contribution in [2.75, 3.05) is 0 Å². The highest BCUT2D eigenvalue weighted by atomic mass is 14.5. The molecule has 5 aliphatic rings. The molecule has 0 nitrogen and oxygen atoms in total. The first-order chi connectivity index (χ1) is 16.7. The maximum absolute atomic E-state index is 2.39. The van der Waals surface area contributed by atoms with Gasteiger partial charge >= 0.3 is 0 Å². The van der Waals surface area contributed by atoms with E-state index in [2.05, 4.69) is 26.0 Å². The predicted octanol–water partition coefficient (Wildman–Crippen LogP) is 10.6. The minimum Gasteiger partial charge on any atom is -0.0917 e. The second-order valence-corrected chi connectivity index (χ2v) is 14.2. The Morgan fingerprint density at radius 1 is 0.471 bits per heavy atom. The molecule has 0 heterocycles. The van der Waals surface area contributed by atoms with Gasteiger partial charge in [-0.1, -0.05) is 51.2 Å². The van der Waals surface area contributed by atoms with E-state index >= 15 is 0 Å². The van der Waals surface area contributed by atoms with Gasteiger partial charge in [0, 0.05) is 0 Å². The topological polar surface area (TPSA) is 0 Å². The molecule has 0 aromatic rings. The van der Waals surface area contributed by atoms with Gasteiger partial charge in [-0.05, 0) is 162 Å². The Balaban J connectivity index is 1.05. The van der Waals surface area contributed by atoms with E-state index in [1.807, 2.05) is 0 Å². The molecule has 34 heavy (non-hydrogen) atoms. The zero-order valence-electron chi connectivity index (χ0n) is 23.1. The van der Waals surface area contributed by atoms with E-state index < -0.39 is 0 Å². The van der Waals surface area contributed by atoms with Crippen molar-refractivity contribution in [2.45, 2.75) is 142 Å². The third-order valence-corrected chi connectivity index (χ3v) is 12.4. The zero-order chi connectivity index (χ0) is 23.3. The first-order valence-electron chi connectivity index (χ1n) is 16.3. The number of hydrogen-bond donors (Lipinski definition) is 0. The zero-order valence-corrected chi connectivity index (χ0v) is 23.1. The first kappa shape index (κ1) is 25.4. The molecule has 0 N–H and O–H groups in total. The van der Waals surface area contributed by atoms with E-state index in [1.165, 1.54) is 38.5 Å². The molecule has 5 saturated carbocycles. The lowest BCUT2D eigenvalue weighted by Crippen LogP contribution is -2.38. The summed E-state index contributed by atoms with van der Waals surface area (Å²) in [5, 5.41) is 0. The van der Waals surface area contributed by atoms with E-state index in [4.69, 9.17) is 0 Å². The standard InChI is InChI=1S/C34H58/c1-3-5-6-8-25-9-12-27(13-10-25)29-16-18-33-24-34(20-19-31(33)22-29)32-17-15-28-21-26(7-4-2)11-14-30(28)23-32/h3,5,25-34H,4,6-24H2,1-2H3/b5-3+. The van der Waals surface area contributed by atoms with Gasteiger partial charge in [0.15, 0.2) is 0 Å². The van der Waals surface area contributed by atoms with E-state index in [9.17, 15) is 0 Å². The lowest BCUT2D eigenvalue weighted by Gasteiger charge is -2.49. The van der Waals surface area contributed by atoms with Gasteiger partial charge < -0.3 is 0 Å². The minimum atomic E-state index is 1.04. The van der Waals surface area contributed by atoms with Crippen molar-refractivity contribution in [3.8, 4) is 0 Å². The molecule has 0 heteroatoms. The number of fused-ring (bicyclic) bond motifs is 2. The molecule has 5 aliphatic carbocycles. The molecule has 0 aromatic carbocycles. The monoisotopic (exact) mass is 466 g/mol. The summed E-state index contributed by atoms with van der Waals surface area (Å²) >= 11 is 0. The Labute approximate surface area is 213 Å². The minimum absolute atomic E-state index is 1.04. The molecular formula is C34H58. The summed E-state index contributed by atoms with van der Waals surface area (Å²) in [5.74, 6) is 11.0. The molecule has 0 bridgehead atoms.